The number of carboxylic acids is 1. The van der Waals surface area contributed by atoms with Crippen LogP contribution in [0.2, 0.25) is 0 Å². The number of benzene rings is 4. The summed E-state index contributed by atoms with van der Waals surface area (Å²) in [5.74, 6) is -0.112. The molecular weight excluding hydrogens is 524 g/mol. The van der Waals surface area contributed by atoms with Gasteiger partial charge in [-0.2, -0.15) is 0 Å². The van der Waals surface area contributed by atoms with Crippen molar-refractivity contribution < 1.29 is 19.4 Å². The largest absolute Gasteiger partial charge is 0.496 e. The molecule has 6 heteroatoms. The van der Waals surface area contributed by atoms with Gasteiger partial charge in [-0.25, -0.2) is 4.79 Å². The van der Waals surface area contributed by atoms with Gasteiger partial charge in [0.25, 0.3) is 0 Å². The van der Waals surface area contributed by atoms with Crippen molar-refractivity contribution in [2.75, 3.05) is 23.9 Å². The molecule has 1 amide bonds. The Bertz CT molecular complexity index is 1520. The Morgan fingerprint density at radius 3 is 2.19 bits per heavy atom. The Balaban J connectivity index is 1.40. The third-order valence-corrected chi connectivity index (χ3v) is 8.73. The topological polar surface area (TPSA) is 78.9 Å². The van der Waals surface area contributed by atoms with Crippen molar-refractivity contribution in [3.63, 3.8) is 0 Å². The maximum Gasteiger partial charge on any atom is 0.335 e. The average Bonchev–Trinajstić information content (AvgIpc) is 3.68. The van der Waals surface area contributed by atoms with Crippen LogP contribution in [0.5, 0.6) is 5.75 Å². The lowest BCUT2D eigenvalue weighted by Gasteiger charge is -2.32. The zero-order valence-electron chi connectivity index (χ0n) is 23.8. The highest BCUT2D eigenvalue weighted by atomic mass is 16.5. The summed E-state index contributed by atoms with van der Waals surface area (Å²) in [6.07, 6.45) is 4.80. The van der Waals surface area contributed by atoms with Gasteiger partial charge in [0.15, 0.2) is 0 Å². The molecule has 0 saturated heterocycles. The van der Waals surface area contributed by atoms with Crippen molar-refractivity contribution in [2.45, 2.75) is 44.1 Å². The Hall–Kier alpha value is -4.58. The zero-order valence-corrected chi connectivity index (χ0v) is 23.8. The molecule has 42 heavy (non-hydrogen) atoms. The highest BCUT2D eigenvalue weighted by Gasteiger charge is 2.35. The summed E-state index contributed by atoms with van der Waals surface area (Å²) >= 11 is 0. The Morgan fingerprint density at radius 1 is 0.905 bits per heavy atom. The van der Waals surface area contributed by atoms with Crippen LogP contribution in [0.1, 0.15) is 70.3 Å². The van der Waals surface area contributed by atoms with Crippen molar-refractivity contribution in [3.05, 3.63) is 125 Å². The highest BCUT2D eigenvalue weighted by molar-refractivity contribution is 5.93. The number of hydrogen-bond donors (Lipinski definition) is 2. The second-order valence-electron chi connectivity index (χ2n) is 11.4. The molecule has 2 N–H and O–H groups in total. The number of nitrogens with one attached hydrogen (secondary N) is 1. The maximum atomic E-state index is 13.0. The second-order valence-corrected chi connectivity index (χ2v) is 11.4. The normalized spacial score (nSPS) is 16.4. The van der Waals surface area contributed by atoms with Crippen LogP contribution in [0.15, 0.2) is 97.1 Å². The molecule has 0 bridgehead atoms. The van der Waals surface area contributed by atoms with Crippen LogP contribution in [0.25, 0.3) is 0 Å². The fraction of sp³-hybridized carbons (Fsp3) is 0.278. The molecule has 1 heterocycles. The quantitative estimate of drug-likeness (QED) is 0.222. The first-order valence-corrected chi connectivity index (χ1v) is 14.7. The number of amides is 1. The molecule has 6 nitrogen and oxygen atoms in total. The molecule has 0 spiro atoms. The van der Waals surface area contributed by atoms with Crippen LogP contribution in [0, 0.1) is 5.92 Å². The molecule has 6 rings (SSSR count). The second kappa shape index (κ2) is 12.1. The van der Waals surface area contributed by atoms with E-state index >= 15 is 0 Å². The fourth-order valence-corrected chi connectivity index (χ4v) is 6.64. The van der Waals surface area contributed by atoms with Crippen molar-refractivity contribution >= 4 is 23.3 Å². The number of anilines is 2. The summed E-state index contributed by atoms with van der Waals surface area (Å²) in [7, 11) is 1.58. The monoisotopic (exact) mass is 560 g/mol. The summed E-state index contributed by atoms with van der Waals surface area (Å²) in [4.78, 5) is 27.1. The van der Waals surface area contributed by atoms with Gasteiger partial charge in [0, 0.05) is 29.8 Å². The van der Waals surface area contributed by atoms with Gasteiger partial charge in [-0.3, -0.25) is 4.79 Å². The molecule has 1 aliphatic carbocycles. The number of nitrogens with zero attached hydrogens (tertiary/aromatic N) is 1. The molecule has 1 aliphatic heterocycles. The number of carboxylic acid groups (broad SMARTS) is 1. The maximum absolute atomic E-state index is 13.0. The number of carbonyl (C=O) groups is 2. The fourth-order valence-electron chi connectivity index (χ4n) is 6.64. The predicted molar refractivity (Wildman–Crippen MR) is 166 cm³/mol. The van der Waals surface area contributed by atoms with E-state index in [0.29, 0.717) is 12.2 Å². The number of fused-ring (bicyclic) bond motifs is 1. The molecule has 1 fully saturated rings. The predicted octanol–water partition coefficient (Wildman–Crippen LogP) is 7.46. The summed E-state index contributed by atoms with van der Waals surface area (Å²) in [5, 5.41) is 12.7. The molecule has 1 atom stereocenters. The number of ether oxygens (including phenoxy) is 1. The van der Waals surface area contributed by atoms with Crippen molar-refractivity contribution in [3.8, 4) is 5.75 Å². The molecular formula is C36H36N2O4. The zero-order chi connectivity index (χ0) is 29.1. The van der Waals surface area contributed by atoms with E-state index < -0.39 is 5.97 Å². The first-order valence-electron chi connectivity index (χ1n) is 14.7. The Morgan fingerprint density at radius 2 is 1.57 bits per heavy atom. The first-order chi connectivity index (χ1) is 20.5. The van der Waals surface area contributed by atoms with E-state index in [2.05, 4.69) is 70.9 Å². The lowest BCUT2D eigenvalue weighted by Crippen LogP contribution is -2.29. The van der Waals surface area contributed by atoms with Crippen LogP contribution in [-0.2, 0) is 11.2 Å². The average molecular weight is 561 g/mol. The van der Waals surface area contributed by atoms with Crippen LogP contribution in [0.4, 0.5) is 11.4 Å². The van der Waals surface area contributed by atoms with Crippen molar-refractivity contribution in [1.82, 2.24) is 0 Å². The molecule has 0 radical (unpaired) electrons. The SMILES string of the molecule is COc1cc(C(=O)O)ccc1CC1CN(C(c2ccccc2)c2ccccc2)c2ccc(NC(=O)C3CCCC3)cc21. The Kier molecular flexibility index (Phi) is 7.95. The Labute approximate surface area is 247 Å². The third-order valence-electron chi connectivity index (χ3n) is 8.73. The van der Waals surface area contributed by atoms with Gasteiger partial charge in [-0.05, 0) is 71.8 Å². The van der Waals surface area contributed by atoms with E-state index in [4.69, 9.17) is 4.74 Å². The third kappa shape index (κ3) is 5.62. The van der Waals surface area contributed by atoms with Crippen LogP contribution >= 0.6 is 0 Å². The van der Waals surface area contributed by atoms with E-state index in [1.807, 2.05) is 24.3 Å². The van der Waals surface area contributed by atoms with Gasteiger partial charge in [0.2, 0.25) is 5.91 Å². The smallest absolute Gasteiger partial charge is 0.335 e. The van der Waals surface area contributed by atoms with Gasteiger partial charge in [-0.1, -0.05) is 79.6 Å². The van der Waals surface area contributed by atoms with Gasteiger partial charge < -0.3 is 20.1 Å². The van der Waals surface area contributed by atoms with E-state index in [9.17, 15) is 14.7 Å². The molecule has 4 aromatic rings. The van der Waals surface area contributed by atoms with E-state index in [1.54, 1.807) is 19.2 Å². The summed E-state index contributed by atoms with van der Waals surface area (Å²) in [6.45, 7) is 0.758. The lowest BCUT2D eigenvalue weighted by atomic mass is 9.92. The molecule has 0 aromatic heterocycles. The molecule has 1 unspecified atom stereocenters. The number of carbonyl (C=O) groups excluding carboxylic acids is 1. The van der Waals surface area contributed by atoms with Gasteiger partial charge in [0.05, 0.1) is 18.7 Å². The molecule has 4 aromatic carbocycles. The van der Waals surface area contributed by atoms with Gasteiger partial charge >= 0.3 is 5.97 Å². The standard InChI is InChI=1S/C36H36N2O4/c1-42-33-21-28(36(40)41)17-16-27(33)20-29-23-38(34(24-10-4-2-5-11-24)25-12-6-3-7-13-25)32-19-18-30(22-31(29)32)37-35(39)26-14-8-9-15-26/h2-7,10-13,16-19,21-22,26,29,34H,8-9,14-15,20,23H2,1H3,(H,37,39)(H,40,41). The van der Waals surface area contributed by atoms with Gasteiger partial charge in [0.1, 0.15) is 5.75 Å². The van der Waals surface area contributed by atoms with Gasteiger partial charge in [-0.15, -0.1) is 0 Å². The summed E-state index contributed by atoms with van der Waals surface area (Å²) in [6, 6.07) is 32.5. The minimum atomic E-state index is -0.978. The van der Waals surface area contributed by atoms with E-state index in [0.717, 1.165) is 49.2 Å². The minimum Gasteiger partial charge on any atom is -0.496 e. The van der Waals surface area contributed by atoms with Crippen molar-refractivity contribution in [1.29, 1.82) is 0 Å². The van der Waals surface area contributed by atoms with E-state index in [1.165, 1.54) is 16.7 Å². The molecule has 214 valence electrons. The number of aromatic carboxylic acids is 1. The highest BCUT2D eigenvalue weighted by Crippen LogP contribution is 2.46. The van der Waals surface area contributed by atoms with E-state index in [-0.39, 0.29) is 29.3 Å². The van der Waals surface area contributed by atoms with Crippen LogP contribution in [0.3, 0.4) is 0 Å². The van der Waals surface area contributed by atoms with Crippen molar-refractivity contribution in [2.24, 2.45) is 5.92 Å². The molecule has 2 aliphatic rings. The summed E-state index contributed by atoms with van der Waals surface area (Å²) < 4.78 is 5.65. The number of rotatable bonds is 9. The number of hydrogen-bond acceptors (Lipinski definition) is 4. The minimum absolute atomic E-state index is 0.00589. The molecule has 1 saturated carbocycles. The lowest BCUT2D eigenvalue weighted by molar-refractivity contribution is -0.119. The van der Waals surface area contributed by atoms with Crippen LogP contribution in [-0.4, -0.2) is 30.6 Å². The van der Waals surface area contributed by atoms with Crippen LogP contribution < -0.4 is 15.0 Å². The number of methoxy groups -OCH3 is 1. The first kappa shape index (κ1) is 27.6. The summed E-state index contributed by atoms with van der Waals surface area (Å²) in [5.41, 5.74) is 6.69.